The number of pyridine rings is 1. The highest BCUT2D eigenvalue weighted by Crippen LogP contribution is 2.23. The molecule has 0 bridgehead atoms. The van der Waals surface area contributed by atoms with E-state index in [9.17, 15) is 9.59 Å². The van der Waals surface area contributed by atoms with Gasteiger partial charge in [-0.05, 0) is 12.1 Å². The first kappa shape index (κ1) is 9.80. The van der Waals surface area contributed by atoms with Crippen molar-refractivity contribution in [2.75, 3.05) is 0 Å². The molecule has 0 aliphatic heterocycles. The molecule has 0 atom stereocenters. The Balaban J connectivity index is 2.82. The van der Waals surface area contributed by atoms with Crippen LogP contribution in [0.5, 0.6) is 0 Å². The Labute approximate surface area is 90.7 Å². The number of benzene rings is 1. The van der Waals surface area contributed by atoms with Crippen molar-refractivity contribution in [3.63, 3.8) is 0 Å². The Morgan fingerprint density at radius 1 is 1.33 bits per heavy atom. The van der Waals surface area contributed by atoms with Gasteiger partial charge in [0.25, 0.3) is 0 Å². The fourth-order valence-corrected chi connectivity index (χ4v) is 1.61. The summed E-state index contributed by atoms with van der Waals surface area (Å²) >= 11 is 5.94. The number of carbonyl (C=O) groups excluding carboxylic acids is 2. The number of nitrogens with zero attached hydrogens (tertiary/aromatic N) is 1. The molecule has 1 aromatic heterocycles. The first-order valence-corrected chi connectivity index (χ1v) is 4.64. The topological polar surface area (TPSA) is 47.0 Å². The summed E-state index contributed by atoms with van der Waals surface area (Å²) in [5.41, 5.74) is 0.743. The number of halogens is 1. The summed E-state index contributed by atoms with van der Waals surface area (Å²) in [6, 6.07) is 6.63. The van der Waals surface area contributed by atoms with Gasteiger partial charge in [-0.15, -0.1) is 0 Å². The molecule has 0 radical (unpaired) electrons. The van der Waals surface area contributed by atoms with Gasteiger partial charge in [-0.25, -0.2) is 0 Å². The fraction of sp³-hybridized carbons (Fsp3) is 0. The molecule has 1 aromatic carbocycles. The molecule has 4 heteroatoms. The Kier molecular flexibility index (Phi) is 2.47. The summed E-state index contributed by atoms with van der Waals surface area (Å²) in [5, 5.41) is 1.19. The van der Waals surface area contributed by atoms with Gasteiger partial charge in [0.1, 0.15) is 0 Å². The minimum absolute atomic E-state index is 0.275. The SMILES string of the molecule is O=CC(=O)c1cccc2c(Cl)ccnc12. The maximum atomic E-state index is 11.3. The van der Waals surface area contributed by atoms with Crippen LogP contribution in [-0.2, 0) is 4.79 Å². The van der Waals surface area contributed by atoms with Crippen LogP contribution in [0.3, 0.4) is 0 Å². The zero-order valence-electron chi connectivity index (χ0n) is 7.61. The molecule has 0 unspecified atom stereocenters. The lowest BCUT2D eigenvalue weighted by molar-refractivity contribution is -0.104. The Bertz CT molecular complexity index is 551. The fourth-order valence-electron chi connectivity index (χ4n) is 1.40. The van der Waals surface area contributed by atoms with E-state index in [1.807, 2.05) is 0 Å². The van der Waals surface area contributed by atoms with Crippen molar-refractivity contribution in [3.8, 4) is 0 Å². The third-order valence-electron chi connectivity index (χ3n) is 2.09. The van der Waals surface area contributed by atoms with Crippen molar-refractivity contribution in [1.29, 1.82) is 0 Å². The summed E-state index contributed by atoms with van der Waals surface area (Å²) in [6.45, 7) is 0. The van der Waals surface area contributed by atoms with E-state index in [4.69, 9.17) is 11.6 Å². The summed E-state index contributed by atoms with van der Waals surface area (Å²) in [4.78, 5) is 25.8. The van der Waals surface area contributed by atoms with E-state index in [1.165, 1.54) is 6.20 Å². The molecular formula is C11H6ClNO2. The monoisotopic (exact) mass is 219 g/mol. The Morgan fingerprint density at radius 3 is 2.87 bits per heavy atom. The van der Waals surface area contributed by atoms with Crippen LogP contribution in [0, 0.1) is 0 Å². The quantitative estimate of drug-likeness (QED) is 0.442. The number of hydrogen-bond donors (Lipinski definition) is 0. The number of para-hydroxylation sites is 1. The summed E-state index contributed by atoms with van der Waals surface area (Å²) in [7, 11) is 0. The number of aromatic nitrogens is 1. The van der Waals surface area contributed by atoms with Crippen molar-refractivity contribution >= 4 is 34.6 Å². The largest absolute Gasteiger partial charge is 0.294 e. The third-order valence-corrected chi connectivity index (χ3v) is 2.42. The van der Waals surface area contributed by atoms with Crippen molar-refractivity contribution in [2.45, 2.75) is 0 Å². The molecule has 0 saturated heterocycles. The van der Waals surface area contributed by atoms with Gasteiger partial charge in [0.05, 0.1) is 16.1 Å². The molecular weight excluding hydrogens is 214 g/mol. The normalized spacial score (nSPS) is 10.2. The van der Waals surface area contributed by atoms with Gasteiger partial charge in [-0.2, -0.15) is 0 Å². The second-order valence-corrected chi connectivity index (χ2v) is 3.38. The molecule has 0 amide bonds. The van der Waals surface area contributed by atoms with Gasteiger partial charge >= 0.3 is 0 Å². The lowest BCUT2D eigenvalue weighted by Crippen LogP contribution is -2.01. The number of fused-ring (bicyclic) bond motifs is 1. The van der Waals surface area contributed by atoms with Gasteiger partial charge in [0.15, 0.2) is 6.29 Å². The second kappa shape index (κ2) is 3.79. The number of Topliss-reactive ketones (excluding diaryl/α,β-unsaturated/α-hetero) is 1. The Hall–Kier alpha value is -1.74. The number of ketones is 1. The number of aldehydes is 1. The van der Waals surface area contributed by atoms with Crippen LogP contribution >= 0.6 is 11.6 Å². The van der Waals surface area contributed by atoms with Crippen LogP contribution in [0.15, 0.2) is 30.5 Å². The van der Waals surface area contributed by atoms with Crippen molar-refractivity contribution in [2.24, 2.45) is 0 Å². The van der Waals surface area contributed by atoms with E-state index >= 15 is 0 Å². The summed E-state index contributed by atoms with van der Waals surface area (Å²) < 4.78 is 0. The number of hydrogen-bond acceptors (Lipinski definition) is 3. The molecule has 0 spiro atoms. The highest BCUT2D eigenvalue weighted by molar-refractivity contribution is 6.38. The first-order chi connectivity index (χ1) is 7.24. The average Bonchev–Trinajstić information content (AvgIpc) is 2.28. The summed E-state index contributed by atoms with van der Waals surface area (Å²) in [6.07, 6.45) is 1.78. The van der Waals surface area contributed by atoms with Crippen LogP contribution in [0.25, 0.3) is 10.9 Å². The smallest absolute Gasteiger partial charge is 0.227 e. The molecule has 0 aliphatic rings. The van der Waals surface area contributed by atoms with E-state index in [0.29, 0.717) is 15.9 Å². The van der Waals surface area contributed by atoms with E-state index in [2.05, 4.69) is 4.98 Å². The third kappa shape index (κ3) is 1.62. The lowest BCUT2D eigenvalue weighted by atomic mass is 10.1. The zero-order chi connectivity index (χ0) is 10.8. The minimum Gasteiger partial charge on any atom is -0.294 e. The molecule has 1 heterocycles. The van der Waals surface area contributed by atoms with Gasteiger partial charge < -0.3 is 0 Å². The minimum atomic E-state index is -0.588. The van der Waals surface area contributed by atoms with Gasteiger partial charge in [0.2, 0.25) is 5.78 Å². The lowest BCUT2D eigenvalue weighted by Gasteiger charge is -2.02. The maximum absolute atomic E-state index is 11.3. The molecule has 0 fully saturated rings. The van der Waals surface area contributed by atoms with Crippen molar-refractivity contribution in [1.82, 2.24) is 4.98 Å². The van der Waals surface area contributed by atoms with Crippen LogP contribution in [-0.4, -0.2) is 17.1 Å². The van der Waals surface area contributed by atoms with Crippen LogP contribution in [0.4, 0.5) is 0 Å². The van der Waals surface area contributed by atoms with Crippen LogP contribution in [0.1, 0.15) is 10.4 Å². The van der Waals surface area contributed by atoms with Crippen molar-refractivity contribution in [3.05, 3.63) is 41.0 Å². The van der Waals surface area contributed by atoms with E-state index in [1.54, 1.807) is 24.3 Å². The molecule has 3 nitrogen and oxygen atoms in total. The van der Waals surface area contributed by atoms with Crippen LogP contribution < -0.4 is 0 Å². The van der Waals surface area contributed by atoms with Gasteiger partial charge in [0, 0.05) is 11.6 Å². The Morgan fingerprint density at radius 2 is 2.13 bits per heavy atom. The second-order valence-electron chi connectivity index (χ2n) is 2.98. The highest BCUT2D eigenvalue weighted by atomic mass is 35.5. The van der Waals surface area contributed by atoms with E-state index in [-0.39, 0.29) is 11.8 Å². The molecule has 15 heavy (non-hydrogen) atoms. The zero-order valence-corrected chi connectivity index (χ0v) is 8.36. The molecule has 0 saturated carbocycles. The standard InChI is InChI=1S/C11H6ClNO2/c12-9-4-5-13-11-7(9)2-1-3-8(11)10(15)6-14/h1-6H. The first-order valence-electron chi connectivity index (χ1n) is 4.27. The molecule has 74 valence electrons. The van der Waals surface area contributed by atoms with Gasteiger partial charge in [-0.1, -0.05) is 23.7 Å². The van der Waals surface area contributed by atoms with Crippen molar-refractivity contribution < 1.29 is 9.59 Å². The molecule has 2 rings (SSSR count). The number of rotatable bonds is 2. The molecule has 0 aliphatic carbocycles. The van der Waals surface area contributed by atoms with E-state index < -0.39 is 5.78 Å². The number of carbonyl (C=O) groups is 2. The summed E-state index contributed by atoms with van der Waals surface area (Å²) in [5.74, 6) is -0.588. The predicted molar refractivity (Wildman–Crippen MR) is 57.1 cm³/mol. The van der Waals surface area contributed by atoms with E-state index in [0.717, 1.165) is 0 Å². The molecule has 2 aromatic rings. The highest BCUT2D eigenvalue weighted by Gasteiger charge is 2.10. The van der Waals surface area contributed by atoms with Crippen LogP contribution in [0.2, 0.25) is 5.02 Å². The van der Waals surface area contributed by atoms with Gasteiger partial charge in [-0.3, -0.25) is 14.6 Å². The predicted octanol–water partition coefficient (Wildman–Crippen LogP) is 2.27. The molecule has 0 N–H and O–H groups in total. The average molecular weight is 220 g/mol. The maximum Gasteiger partial charge on any atom is 0.227 e.